The number of benzene rings is 2. The van der Waals surface area contributed by atoms with Gasteiger partial charge in [-0.25, -0.2) is 0 Å². The Kier molecular flexibility index (Phi) is 5.51. The van der Waals surface area contributed by atoms with Crippen molar-refractivity contribution in [2.24, 2.45) is 5.92 Å². The summed E-state index contributed by atoms with van der Waals surface area (Å²) >= 11 is 1.53. The van der Waals surface area contributed by atoms with Crippen LogP contribution in [0, 0.1) is 19.8 Å². The first-order valence-corrected chi connectivity index (χ1v) is 11.5. The fourth-order valence-corrected chi connectivity index (χ4v) is 4.49. The van der Waals surface area contributed by atoms with Gasteiger partial charge in [-0.15, -0.1) is 11.3 Å². The van der Waals surface area contributed by atoms with Crippen molar-refractivity contribution in [1.82, 2.24) is 10.1 Å². The molecule has 5 rings (SSSR count). The van der Waals surface area contributed by atoms with Gasteiger partial charge < -0.3 is 14.7 Å². The second-order valence-corrected chi connectivity index (χ2v) is 9.09. The molecule has 1 saturated heterocycles. The summed E-state index contributed by atoms with van der Waals surface area (Å²) in [6.45, 7) is 4.36. The van der Waals surface area contributed by atoms with E-state index in [1.807, 2.05) is 73.8 Å². The van der Waals surface area contributed by atoms with Gasteiger partial charge in [0.2, 0.25) is 17.6 Å². The highest BCUT2D eigenvalue weighted by molar-refractivity contribution is 7.13. The lowest BCUT2D eigenvalue weighted by molar-refractivity contribution is -0.122. The molecule has 1 aliphatic heterocycles. The summed E-state index contributed by atoms with van der Waals surface area (Å²) < 4.78 is 5.39. The summed E-state index contributed by atoms with van der Waals surface area (Å²) in [7, 11) is 0. The van der Waals surface area contributed by atoms with E-state index in [9.17, 15) is 9.59 Å². The lowest BCUT2D eigenvalue weighted by Gasteiger charge is -2.17. The Labute approximate surface area is 195 Å². The summed E-state index contributed by atoms with van der Waals surface area (Å²) in [6, 6.07) is 17.1. The molecule has 0 unspecified atom stereocenters. The number of rotatable bonds is 5. The zero-order valence-corrected chi connectivity index (χ0v) is 19.1. The van der Waals surface area contributed by atoms with Crippen molar-refractivity contribution in [3.63, 3.8) is 0 Å². The Morgan fingerprint density at radius 3 is 2.79 bits per heavy atom. The Balaban J connectivity index is 1.31. The van der Waals surface area contributed by atoms with E-state index in [0.717, 1.165) is 21.7 Å². The number of carbonyl (C=O) groups is 2. The minimum atomic E-state index is -0.418. The minimum Gasteiger partial charge on any atom is -0.333 e. The topological polar surface area (TPSA) is 88.3 Å². The van der Waals surface area contributed by atoms with Gasteiger partial charge >= 0.3 is 0 Å². The summed E-state index contributed by atoms with van der Waals surface area (Å²) in [5.41, 5.74) is 4.47. The number of thiophene rings is 1. The minimum absolute atomic E-state index is 0.0835. The molecule has 2 amide bonds. The molecule has 2 aromatic heterocycles. The standard InChI is InChI=1S/C25H22N4O3S/c1-15-8-9-19(11-16(15)2)26-24(31)18-13-22(30)29(14-18)20-6-3-5-17(12-20)23-27-25(32-28-23)21-7-4-10-33-21/h3-12,18H,13-14H2,1-2H3,(H,26,31)/t18-/m1/s1. The van der Waals surface area contributed by atoms with Gasteiger partial charge in [0.05, 0.1) is 10.8 Å². The van der Waals surface area contributed by atoms with E-state index in [4.69, 9.17) is 4.52 Å². The number of amides is 2. The molecule has 1 aliphatic rings. The van der Waals surface area contributed by atoms with Crippen LogP contribution in [0.5, 0.6) is 0 Å². The zero-order chi connectivity index (χ0) is 22.9. The molecule has 3 heterocycles. The Morgan fingerprint density at radius 2 is 2.00 bits per heavy atom. The highest BCUT2D eigenvalue weighted by atomic mass is 32.1. The molecule has 0 saturated carbocycles. The smallest absolute Gasteiger partial charge is 0.268 e. The van der Waals surface area contributed by atoms with E-state index in [0.29, 0.717) is 23.9 Å². The van der Waals surface area contributed by atoms with Crippen molar-refractivity contribution in [3.8, 4) is 22.2 Å². The third-order valence-electron chi connectivity index (χ3n) is 5.84. The van der Waals surface area contributed by atoms with Gasteiger partial charge in [0.1, 0.15) is 0 Å². The molecule has 0 spiro atoms. The maximum Gasteiger partial charge on any atom is 0.268 e. The molecule has 4 aromatic rings. The number of hydrogen-bond donors (Lipinski definition) is 1. The van der Waals surface area contributed by atoms with Crippen LogP contribution in [-0.2, 0) is 9.59 Å². The van der Waals surface area contributed by atoms with Gasteiger partial charge in [-0.05, 0) is 60.7 Å². The lowest BCUT2D eigenvalue weighted by atomic mass is 10.1. The van der Waals surface area contributed by atoms with E-state index in [1.165, 1.54) is 16.9 Å². The third-order valence-corrected chi connectivity index (χ3v) is 6.70. The van der Waals surface area contributed by atoms with Crippen LogP contribution in [0.2, 0.25) is 0 Å². The van der Waals surface area contributed by atoms with Crippen LogP contribution in [-0.4, -0.2) is 28.5 Å². The molecule has 1 N–H and O–H groups in total. The lowest BCUT2D eigenvalue weighted by Crippen LogP contribution is -2.28. The molecule has 7 nitrogen and oxygen atoms in total. The third kappa shape index (κ3) is 4.29. The van der Waals surface area contributed by atoms with Crippen molar-refractivity contribution >= 4 is 34.5 Å². The van der Waals surface area contributed by atoms with Crippen LogP contribution in [0.3, 0.4) is 0 Å². The molecule has 2 aromatic carbocycles. The number of nitrogens with zero attached hydrogens (tertiary/aromatic N) is 3. The van der Waals surface area contributed by atoms with Crippen LogP contribution >= 0.6 is 11.3 Å². The molecule has 0 bridgehead atoms. The maximum atomic E-state index is 12.8. The fraction of sp³-hybridized carbons (Fsp3) is 0.200. The maximum absolute atomic E-state index is 12.8. The summed E-state index contributed by atoms with van der Waals surface area (Å²) in [5, 5.41) is 8.98. The first-order valence-electron chi connectivity index (χ1n) is 10.6. The van der Waals surface area contributed by atoms with Gasteiger partial charge in [0.25, 0.3) is 5.89 Å². The predicted octanol–water partition coefficient (Wildman–Crippen LogP) is 5.07. The molecule has 1 fully saturated rings. The predicted molar refractivity (Wildman–Crippen MR) is 128 cm³/mol. The molecule has 166 valence electrons. The molecule has 8 heteroatoms. The second-order valence-electron chi connectivity index (χ2n) is 8.14. The Hall–Kier alpha value is -3.78. The normalized spacial score (nSPS) is 15.8. The van der Waals surface area contributed by atoms with Gasteiger partial charge in [-0.2, -0.15) is 4.98 Å². The van der Waals surface area contributed by atoms with E-state index in [2.05, 4.69) is 15.5 Å². The van der Waals surface area contributed by atoms with Crippen molar-refractivity contribution < 1.29 is 14.1 Å². The number of anilines is 2. The fourth-order valence-electron chi connectivity index (χ4n) is 3.85. The highest BCUT2D eigenvalue weighted by Crippen LogP contribution is 2.31. The molecular weight excluding hydrogens is 436 g/mol. The van der Waals surface area contributed by atoms with Gasteiger partial charge in [-0.1, -0.05) is 29.4 Å². The van der Waals surface area contributed by atoms with E-state index in [-0.39, 0.29) is 18.2 Å². The quantitative estimate of drug-likeness (QED) is 0.451. The summed E-state index contributed by atoms with van der Waals surface area (Å²) in [6.07, 6.45) is 0.172. The number of aromatic nitrogens is 2. The van der Waals surface area contributed by atoms with Crippen LogP contribution in [0.25, 0.3) is 22.2 Å². The first-order chi connectivity index (χ1) is 16.0. The average molecular weight is 459 g/mol. The summed E-state index contributed by atoms with van der Waals surface area (Å²) in [5.74, 6) is 0.267. The van der Waals surface area contributed by atoms with Crippen LogP contribution < -0.4 is 10.2 Å². The van der Waals surface area contributed by atoms with Gasteiger partial charge in [0.15, 0.2) is 0 Å². The molecule has 33 heavy (non-hydrogen) atoms. The number of hydrogen-bond acceptors (Lipinski definition) is 6. The van der Waals surface area contributed by atoms with Gasteiger partial charge in [-0.3, -0.25) is 9.59 Å². The molecular formula is C25H22N4O3S. The van der Waals surface area contributed by atoms with Gasteiger partial charge in [0, 0.05) is 29.9 Å². The van der Waals surface area contributed by atoms with E-state index < -0.39 is 5.92 Å². The van der Waals surface area contributed by atoms with Crippen LogP contribution in [0.4, 0.5) is 11.4 Å². The Morgan fingerprint density at radius 1 is 1.12 bits per heavy atom. The summed E-state index contributed by atoms with van der Waals surface area (Å²) in [4.78, 5) is 32.6. The van der Waals surface area contributed by atoms with E-state index in [1.54, 1.807) is 4.90 Å². The second kappa shape index (κ2) is 8.63. The van der Waals surface area contributed by atoms with Crippen molar-refractivity contribution in [2.75, 3.05) is 16.8 Å². The van der Waals surface area contributed by atoms with Crippen molar-refractivity contribution in [1.29, 1.82) is 0 Å². The Bertz CT molecular complexity index is 1330. The zero-order valence-electron chi connectivity index (χ0n) is 18.2. The number of aryl methyl sites for hydroxylation is 2. The average Bonchev–Trinajstić information content (AvgIpc) is 3.57. The SMILES string of the molecule is Cc1ccc(NC(=O)[C@@H]2CC(=O)N(c3cccc(-c4noc(-c5cccs5)n4)c3)C2)cc1C. The van der Waals surface area contributed by atoms with Crippen molar-refractivity contribution in [3.05, 3.63) is 71.1 Å². The number of nitrogens with one attached hydrogen (secondary N) is 1. The van der Waals surface area contributed by atoms with Crippen LogP contribution in [0.1, 0.15) is 17.5 Å². The molecule has 0 aliphatic carbocycles. The highest BCUT2D eigenvalue weighted by Gasteiger charge is 2.35. The molecule has 0 radical (unpaired) electrons. The first kappa shape index (κ1) is 21.1. The number of carbonyl (C=O) groups excluding carboxylic acids is 2. The van der Waals surface area contributed by atoms with Crippen LogP contribution in [0.15, 0.2) is 64.5 Å². The monoisotopic (exact) mass is 458 g/mol. The van der Waals surface area contributed by atoms with Crippen molar-refractivity contribution in [2.45, 2.75) is 20.3 Å². The largest absolute Gasteiger partial charge is 0.333 e. The van der Waals surface area contributed by atoms with E-state index >= 15 is 0 Å². The molecule has 1 atom stereocenters.